The Bertz CT molecular complexity index is 602. The zero-order valence-corrected chi connectivity index (χ0v) is 11.5. The summed E-state index contributed by atoms with van der Waals surface area (Å²) in [6.45, 7) is 1.57. The summed E-state index contributed by atoms with van der Waals surface area (Å²) in [5.41, 5.74) is 3.21. The van der Waals surface area contributed by atoms with Crippen LogP contribution in [-0.2, 0) is 16.0 Å². The quantitative estimate of drug-likeness (QED) is 0.367. The number of benzene rings is 1. The highest BCUT2D eigenvalue weighted by atomic mass is 16.6. The number of anilines is 1. The zero-order valence-electron chi connectivity index (χ0n) is 11.5. The number of rotatable bonds is 3. The van der Waals surface area contributed by atoms with Crippen LogP contribution in [0.3, 0.4) is 0 Å². The van der Waals surface area contributed by atoms with Gasteiger partial charge in [0.05, 0.1) is 4.92 Å². The zero-order chi connectivity index (χ0) is 15.6. The van der Waals surface area contributed by atoms with E-state index in [0.29, 0.717) is 24.1 Å². The third-order valence-corrected chi connectivity index (χ3v) is 3.55. The predicted molar refractivity (Wildman–Crippen MR) is 75.3 cm³/mol. The van der Waals surface area contributed by atoms with E-state index in [9.17, 15) is 19.7 Å². The number of hydrazine groups is 1. The Morgan fingerprint density at radius 3 is 2.81 bits per heavy atom. The average molecular weight is 292 g/mol. The van der Waals surface area contributed by atoms with E-state index < -0.39 is 16.9 Å². The first-order valence-electron chi connectivity index (χ1n) is 6.55. The van der Waals surface area contributed by atoms with Crippen LogP contribution in [-0.4, -0.2) is 22.8 Å². The Morgan fingerprint density at radius 2 is 2.19 bits per heavy atom. The van der Waals surface area contributed by atoms with Crippen LogP contribution < -0.4 is 16.2 Å². The monoisotopic (exact) mass is 292 g/mol. The van der Waals surface area contributed by atoms with Gasteiger partial charge in [0.1, 0.15) is 6.04 Å². The maximum atomic E-state index is 12.2. The van der Waals surface area contributed by atoms with Crippen LogP contribution in [0.5, 0.6) is 0 Å². The molecular weight excluding hydrogens is 276 g/mol. The van der Waals surface area contributed by atoms with E-state index in [4.69, 9.17) is 5.84 Å². The molecule has 1 aromatic rings. The highest BCUT2D eigenvalue weighted by Gasteiger charge is 2.31. The molecule has 0 bridgehead atoms. The van der Waals surface area contributed by atoms with Crippen molar-refractivity contribution in [2.24, 2.45) is 5.84 Å². The van der Waals surface area contributed by atoms with Gasteiger partial charge in [-0.1, -0.05) is 0 Å². The number of hydrogen-bond donors (Lipinski definition) is 2. The largest absolute Gasteiger partial charge is 0.300 e. The molecule has 0 saturated carbocycles. The molecule has 21 heavy (non-hydrogen) atoms. The topological polar surface area (TPSA) is 119 Å². The molecule has 0 saturated heterocycles. The lowest BCUT2D eigenvalue weighted by Crippen LogP contribution is -2.50. The Hall–Kier alpha value is -2.48. The van der Waals surface area contributed by atoms with Crippen molar-refractivity contribution >= 4 is 23.2 Å². The summed E-state index contributed by atoms with van der Waals surface area (Å²) in [7, 11) is 0. The van der Waals surface area contributed by atoms with Crippen molar-refractivity contribution in [1.82, 2.24) is 5.43 Å². The minimum Gasteiger partial charge on any atom is -0.300 e. The summed E-state index contributed by atoms with van der Waals surface area (Å²) in [6.07, 6.45) is 1.42. The average Bonchev–Trinajstić information content (AvgIpc) is 2.63. The summed E-state index contributed by atoms with van der Waals surface area (Å²) in [4.78, 5) is 35.7. The summed E-state index contributed by atoms with van der Waals surface area (Å²) >= 11 is 0. The molecule has 112 valence electrons. The van der Waals surface area contributed by atoms with Gasteiger partial charge in [0, 0.05) is 24.2 Å². The number of nitro groups is 1. The molecule has 1 aromatic carbocycles. The number of nitrogens with two attached hydrogens (primary N) is 1. The van der Waals surface area contributed by atoms with Gasteiger partial charge in [-0.05, 0) is 31.4 Å². The smallest absolute Gasteiger partial charge is 0.269 e. The lowest BCUT2D eigenvalue weighted by Gasteiger charge is -2.28. The summed E-state index contributed by atoms with van der Waals surface area (Å²) in [6, 6.07) is 3.52. The number of nitro benzene ring substituents is 1. The van der Waals surface area contributed by atoms with E-state index in [1.54, 1.807) is 6.92 Å². The molecule has 8 heteroatoms. The van der Waals surface area contributed by atoms with Crippen molar-refractivity contribution in [2.45, 2.75) is 32.2 Å². The van der Waals surface area contributed by atoms with E-state index in [1.807, 2.05) is 5.43 Å². The number of carbonyl (C=O) groups is 2. The predicted octanol–water partition coefficient (Wildman–Crippen LogP) is 0.643. The molecule has 0 aliphatic carbocycles. The van der Waals surface area contributed by atoms with Crippen LogP contribution in [0.1, 0.15) is 25.3 Å². The van der Waals surface area contributed by atoms with Crippen LogP contribution in [0.2, 0.25) is 0 Å². The number of carbonyl (C=O) groups excluding carboxylic acids is 2. The molecule has 3 N–H and O–H groups in total. The third-order valence-electron chi connectivity index (χ3n) is 3.55. The minimum atomic E-state index is -0.777. The van der Waals surface area contributed by atoms with E-state index >= 15 is 0 Å². The Morgan fingerprint density at radius 1 is 1.48 bits per heavy atom. The van der Waals surface area contributed by atoms with Crippen LogP contribution in [0.15, 0.2) is 18.2 Å². The highest BCUT2D eigenvalue weighted by molar-refractivity contribution is 6.01. The van der Waals surface area contributed by atoms with Gasteiger partial charge < -0.3 is 0 Å². The lowest BCUT2D eigenvalue weighted by atomic mass is 10.1. The first kappa shape index (κ1) is 14.9. The standard InChI is InChI=1S/C13H16N4O4/c1-8(13(19)15-14)16-11-6-5-10(17(20)21)7-9(11)3-2-4-12(16)18/h5-8H,2-4,14H2,1H3,(H,15,19). The number of amides is 2. The van der Waals surface area contributed by atoms with E-state index in [-0.39, 0.29) is 18.0 Å². The van der Waals surface area contributed by atoms with Crippen molar-refractivity contribution in [1.29, 1.82) is 0 Å². The van der Waals surface area contributed by atoms with Crippen LogP contribution in [0.4, 0.5) is 11.4 Å². The van der Waals surface area contributed by atoms with Gasteiger partial charge in [-0.15, -0.1) is 0 Å². The molecule has 2 amide bonds. The fourth-order valence-corrected chi connectivity index (χ4v) is 2.47. The van der Waals surface area contributed by atoms with Crippen molar-refractivity contribution in [3.8, 4) is 0 Å². The van der Waals surface area contributed by atoms with E-state index in [1.165, 1.54) is 23.1 Å². The van der Waals surface area contributed by atoms with Crippen LogP contribution in [0, 0.1) is 10.1 Å². The molecule has 1 atom stereocenters. The number of nitrogens with one attached hydrogen (secondary N) is 1. The van der Waals surface area contributed by atoms with Gasteiger partial charge in [0.15, 0.2) is 0 Å². The van der Waals surface area contributed by atoms with Gasteiger partial charge in [0.25, 0.3) is 11.6 Å². The lowest BCUT2D eigenvalue weighted by molar-refractivity contribution is -0.384. The number of aryl methyl sites for hydroxylation is 1. The second-order valence-corrected chi connectivity index (χ2v) is 4.87. The van der Waals surface area contributed by atoms with Gasteiger partial charge in [-0.25, -0.2) is 5.84 Å². The fraction of sp³-hybridized carbons (Fsp3) is 0.385. The molecule has 8 nitrogen and oxygen atoms in total. The number of hydrogen-bond acceptors (Lipinski definition) is 5. The third kappa shape index (κ3) is 2.84. The SMILES string of the molecule is CC(C(=O)NN)N1C(=O)CCCc2cc([N+](=O)[O-])ccc21. The summed E-state index contributed by atoms with van der Waals surface area (Å²) < 4.78 is 0. The Labute approximate surface area is 121 Å². The second-order valence-electron chi connectivity index (χ2n) is 4.87. The molecule has 2 rings (SSSR count). The van der Waals surface area contributed by atoms with E-state index in [0.717, 1.165) is 0 Å². The van der Waals surface area contributed by atoms with Gasteiger partial charge in [0.2, 0.25) is 5.91 Å². The fourth-order valence-electron chi connectivity index (χ4n) is 2.47. The highest BCUT2D eigenvalue weighted by Crippen LogP contribution is 2.31. The molecule has 1 aliphatic heterocycles. The molecule has 0 fully saturated rings. The first-order valence-corrected chi connectivity index (χ1v) is 6.55. The Kier molecular flexibility index (Phi) is 4.18. The molecule has 1 aliphatic rings. The van der Waals surface area contributed by atoms with E-state index in [2.05, 4.69) is 0 Å². The summed E-state index contributed by atoms with van der Waals surface area (Å²) in [5, 5.41) is 10.9. The van der Waals surface area contributed by atoms with Gasteiger partial charge in [-0.3, -0.25) is 30.0 Å². The molecule has 1 unspecified atom stereocenters. The maximum Gasteiger partial charge on any atom is 0.269 e. The van der Waals surface area contributed by atoms with Crippen molar-refractivity contribution in [3.05, 3.63) is 33.9 Å². The molecule has 0 radical (unpaired) electrons. The molecule has 0 spiro atoms. The summed E-state index contributed by atoms with van der Waals surface area (Å²) in [5.74, 6) is 4.43. The number of fused-ring (bicyclic) bond motifs is 1. The van der Waals surface area contributed by atoms with Crippen LogP contribution >= 0.6 is 0 Å². The number of nitrogens with zero attached hydrogens (tertiary/aromatic N) is 2. The van der Waals surface area contributed by atoms with Gasteiger partial charge >= 0.3 is 0 Å². The molecule has 0 aromatic heterocycles. The van der Waals surface area contributed by atoms with Crippen molar-refractivity contribution in [2.75, 3.05) is 4.90 Å². The normalized spacial score (nSPS) is 15.9. The number of non-ortho nitro benzene ring substituents is 1. The first-order chi connectivity index (χ1) is 9.95. The van der Waals surface area contributed by atoms with Crippen molar-refractivity contribution in [3.63, 3.8) is 0 Å². The minimum absolute atomic E-state index is 0.0287. The Balaban J connectivity index is 2.49. The second kappa shape index (κ2) is 5.88. The van der Waals surface area contributed by atoms with Gasteiger partial charge in [-0.2, -0.15) is 0 Å². The van der Waals surface area contributed by atoms with Crippen LogP contribution in [0.25, 0.3) is 0 Å². The maximum absolute atomic E-state index is 12.2. The molecule has 1 heterocycles. The van der Waals surface area contributed by atoms with Crippen molar-refractivity contribution < 1.29 is 14.5 Å². The molecular formula is C13H16N4O4.